The molecule has 0 aliphatic heterocycles. The summed E-state index contributed by atoms with van der Waals surface area (Å²) < 4.78 is 0. The summed E-state index contributed by atoms with van der Waals surface area (Å²) in [4.78, 5) is 26.4. The van der Waals surface area contributed by atoms with E-state index < -0.39 is 4.92 Å². The Bertz CT molecular complexity index is 974. The minimum Gasteiger partial charge on any atom is -0.367 e. The number of non-ortho nitro benzene ring substituents is 1. The Morgan fingerprint density at radius 1 is 0.966 bits per heavy atom. The summed E-state index contributed by atoms with van der Waals surface area (Å²) in [6, 6.07) is 12.8. The molecule has 0 saturated heterocycles. The number of aromatic nitrogens is 3. The van der Waals surface area contributed by atoms with E-state index >= 15 is 0 Å². The quantitative estimate of drug-likeness (QED) is 0.302. The first-order valence-electron chi connectivity index (χ1n) is 8.81. The van der Waals surface area contributed by atoms with E-state index in [1.165, 1.54) is 24.3 Å². The van der Waals surface area contributed by atoms with Gasteiger partial charge in [-0.2, -0.15) is 0 Å². The van der Waals surface area contributed by atoms with Crippen molar-refractivity contribution in [2.45, 2.75) is 6.92 Å². The van der Waals surface area contributed by atoms with Crippen molar-refractivity contribution in [3.8, 4) is 0 Å². The van der Waals surface area contributed by atoms with Gasteiger partial charge in [-0.3, -0.25) is 14.9 Å². The summed E-state index contributed by atoms with van der Waals surface area (Å²) in [5.74, 6) is 1.51. The molecule has 0 bridgehead atoms. The molecule has 2 heterocycles. The standard InChI is InChI=1S/C19H19N7O3/c1-13-2-7-16(22-12-13)23-18-9-8-17(24-25-18)20-10-11-21-19(27)14-3-5-15(6-4-14)26(28)29/h2-9,12H,10-11H2,1H3,(H,20,24)(H,21,27)(H,22,23,25). The molecule has 1 amide bonds. The van der Waals surface area contributed by atoms with Crippen LogP contribution in [0.4, 0.5) is 23.1 Å². The largest absolute Gasteiger partial charge is 0.367 e. The Balaban J connectivity index is 1.42. The molecule has 0 fully saturated rings. The van der Waals surface area contributed by atoms with Gasteiger partial charge in [-0.15, -0.1) is 10.2 Å². The van der Waals surface area contributed by atoms with Gasteiger partial charge in [0.25, 0.3) is 11.6 Å². The number of hydrogen-bond acceptors (Lipinski definition) is 8. The molecule has 1 aromatic carbocycles. The lowest BCUT2D eigenvalue weighted by Gasteiger charge is -2.08. The van der Waals surface area contributed by atoms with Crippen LogP contribution in [0.25, 0.3) is 0 Å². The van der Waals surface area contributed by atoms with Gasteiger partial charge in [-0.05, 0) is 42.8 Å². The van der Waals surface area contributed by atoms with Gasteiger partial charge in [0, 0.05) is 37.0 Å². The summed E-state index contributed by atoms with van der Waals surface area (Å²) in [5, 5.41) is 27.6. The summed E-state index contributed by atoms with van der Waals surface area (Å²) in [7, 11) is 0. The Morgan fingerprint density at radius 2 is 1.66 bits per heavy atom. The van der Waals surface area contributed by atoms with Crippen molar-refractivity contribution in [3.63, 3.8) is 0 Å². The average Bonchev–Trinajstić information content (AvgIpc) is 2.74. The van der Waals surface area contributed by atoms with Crippen LogP contribution in [0.3, 0.4) is 0 Å². The third-order valence-corrected chi connectivity index (χ3v) is 3.89. The van der Waals surface area contributed by atoms with Gasteiger partial charge in [0.1, 0.15) is 11.6 Å². The van der Waals surface area contributed by atoms with E-state index in [1.807, 2.05) is 19.1 Å². The highest BCUT2D eigenvalue weighted by atomic mass is 16.6. The molecule has 10 nitrogen and oxygen atoms in total. The highest BCUT2D eigenvalue weighted by Crippen LogP contribution is 2.13. The number of amides is 1. The number of anilines is 3. The Kier molecular flexibility index (Phi) is 6.25. The van der Waals surface area contributed by atoms with Crippen LogP contribution in [0.2, 0.25) is 0 Å². The second kappa shape index (κ2) is 9.22. The molecule has 0 atom stereocenters. The van der Waals surface area contributed by atoms with Crippen molar-refractivity contribution < 1.29 is 9.72 Å². The smallest absolute Gasteiger partial charge is 0.269 e. The fraction of sp³-hybridized carbons (Fsp3) is 0.158. The van der Waals surface area contributed by atoms with E-state index in [9.17, 15) is 14.9 Å². The van der Waals surface area contributed by atoms with Crippen molar-refractivity contribution in [1.29, 1.82) is 0 Å². The molecule has 148 valence electrons. The van der Waals surface area contributed by atoms with E-state index in [1.54, 1.807) is 18.3 Å². The van der Waals surface area contributed by atoms with Crippen LogP contribution in [-0.2, 0) is 0 Å². The maximum absolute atomic E-state index is 12.0. The molecule has 3 aromatic rings. The first-order chi connectivity index (χ1) is 14.0. The monoisotopic (exact) mass is 393 g/mol. The van der Waals surface area contributed by atoms with Crippen LogP contribution >= 0.6 is 0 Å². The Morgan fingerprint density at radius 3 is 2.28 bits per heavy atom. The Labute approximate surface area is 166 Å². The number of nitrogens with zero attached hydrogens (tertiary/aromatic N) is 4. The normalized spacial score (nSPS) is 10.2. The van der Waals surface area contributed by atoms with E-state index in [0.29, 0.717) is 36.1 Å². The lowest BCUT2D eigenvalue weighted by molar-refractivity contribution is -0.384. The second-order valence-electron chi connectivity index (χ2n) is 6.14. The number of pyridine rings is 1. The van der Waals surface area contributed by atoms with Crippen LogP contribution in [0.15, 0.2) is 54.7 Å². The van der Waals surface area contributed by atoms with Crippen LogP contribution in [0.1, 0.15) is 15.9 Å². The topological polar surface area (TPSA) is 135 Å². The highest BCUT2D eigenvalue weighted by Gasteiger charge is 2.08. The molecule has 0 aliphatic rings. The zero-order valence-corrected chi connectivity index (χ0v) is 15.6. The maximum Gasteiger partial charge on any atom is 0.269 e. The fourth-order valence-corrected chi connectivity index (χ4v) is 2.37. The van der Waals surface area contributed by atoms with Crippen molar-refractivity contribution in [2.75, 3.05) is 23.7 Å². The minimum atomic E-state index is -0.509. The predicted molar refractivity (Wildman–Crippen MR) is 108 cm³/mol. The van der Waals surface area contributed by atoms with Crippen molar-refractivity contribution in [3.05, 3.63) is 76.0 Å². The molecule has 10 heteroatoms. The molecule has 0 spiro atoms. The highest BCUT2D eigenvalue weighted by molar-refractivity contribution is 5.94. The van der Waals surface area contributed by atoms with Gasteiger partial charge in [0.15, 0.2) is 5.82 Å². The predicted octanol–water partition coefficient (Wildman–Crippen LogP) is 2.67. The first-order valence-corrected chi connectivity index (χ1v) is 8.81. The van der Waals surface area contributed by atoms with Gasteiger partial charge in [0.05, 0.1) is 4.92 Å². The zero-order valence-electron chi connectivity index (χ0n) is 15.6. The van der Waals surface area contributed by atoms with E-state index in [-0.39, 0.29) is 11.6 Å². The summed E-state index contributed by atoms with van der Waals surface area (Å²) in [6.45, 7) is 2.76. The third-order valence-electron chi connectivity index (χ3n) is 3.89. The number of benzene rings is 1. The summed E-state index contributed by atoms with van der Waals surface area (Å²) in [5.41, 5.74) is 1.37. The lowest BCUT2D eigenvalue weighted by atomic mass is 10.2. The number of aryl methyl sites for hydroxylation is 1. The molecule has 3 rings (SSSR count). The summed E-state index contributed by atoms with van der Waals surface area (Å²) >= 11 is 0. The zero-order chi connectivity index (χ0) is 20.6. The van der Waals surface area contributed by atoms with Gasteiger partial charge >= 0.3 is 0 Å². The number of nitro benzene ring substituents is 1. The molecule has 3 N–H and O–H groups in total. The van der Waals surface area contributed by atoms with Crippen molar-refractivity contribution >= 4 is 29.0 Å². The number of nitrogens with one attached hydrogen (secondary N) is 3. The average molecular weight is 393 g/mol. The summed E-state index contributed by atoms with van der Waals surface area (Å²) in [6.07, 6.45) is 1.76. The van der Waals surface area contributed by atoms with Gasteiger partial charge in [-0.1, -0.05) is 6.07 Å². The van der Waals surface area contributed by atoms with Crippen molar-refractivity contribution in [1.82, 2.24) is 20.5 Å². The van der Waals surface area contributed by atoms with E-state index in [4.69, 9.17) is 0 Å². The number of carbonyl (C=O) groups is 1. The molecule has 2 aromatic heterocycles. The van der Waals surface area contributed by atoms with Gasteiger partial charge in [0.2, 0.25) is 0 Å². The second-order valence-corrected chi connectivity index (χ2v) is 6.14. The first kappa shape index (κ1) is 19.7. The van der Waals surface area contributed by atoms with Crippen LogP contribution in [0.5, 0.6) is 0 Å². The number of carbonyl (C=O) groups excluding carboxylic acids is 1. The molecule has 0 unspecified atom stereocenters. The van der Waals surface area contributed by atoms with Crippen LogP contribution in [0, 0.1) is 17.0 Å². The molecular formula is C19H19N7O3. The number of hydrogen-bond donors (Lipinski definition) is 3. The molecule has 0 saturated carbocycles. The fourth-order valence-electron chi connectivity index (χ4n) is 2.37. The van der Waals surface area contributed by atoms with Gasteiger partial charge in [-0.25, -0.2) is 4.98 Å². The molecule has 0 radical (unpaired) electrons. The number of rotatable bonds is 8. The van der Waals surface area contributed by atoms with Crippen molar-refractivity contribution in [2.24, 2.45) is 0 Å². The maximum atomic E-state index is 12.0. The van der Waals surface area contributed by atoms with Crippen LogP contribution in [-0.4, -0.2) is 39.1 Å². The van der Waals surface area contributed by atoms with Gasteiger partial charge < -0.3 is 16.0 Å². The van der Waals surface area contributed by atoms with E-state index in [0.717, 1.165) is 5.56 Å². The third kappa shape index (κ3) is 5.70. The molecular weight excluding hydrogens is 374 g/mol. The minimum absolute atomic E-state index is 0.0575. The Hall–Kier alpha value is -4.08. The SMILES string of the molecule is Cc1ccc(Nc2ccc(NCCNC(=O)c3ccc([N+](=O)[O-])cc3)nn2)nc1. The van der Waals surface area contributed by atoms with E-state index in [2.05, 4.69) is 31.1 Å². The van der Waals surface area contributed by atoms with Crippen LogP contribution < -0.4 is 16.0 Å². The molecule has 29 heavy (non-hydrogen) atoms. The molecule has 0 aliphatic carbocycles. The lowest BCUT2D eigenvalue weighted by Crippen LogP contribution is -2.28. The number of nitro groups is 1.